The quantitative estimate of drug-likeness (QED) is 0.573. The zero-order valence-corrected chi connectivity index (χ0v) is 15.3. The van der Waals surface area contributed by atoms with Crippen LogP contribution < -0.4 is 5.32 Å². The molecule has 1 aromatic carbocycles. The third kappa shape index (κ3) is 5.95. The summed E-state index contributed by atoms with van der Waals surface area (Å²) in [6.45, 7) is 1.41. The number of nitrogens with one attached hydrogen (secondary N) is 1. The SMILES string of the molecule is CC(OC(=O)/C=C/c1cc(Br)ccc1F)C(=O)Nc1ccc(Cl)cn1. The summed E-state index contributed by atoms with van der Waals surface area (Å²) in [6.07, 6.45) is 2.65. The Hall–Kier alpha value is -2.25. The van der Waals surface area contributed by atoms with Gasteiger partial charge in [-0.05, 0) is 43.3 Å². The predicted octanol–water partition coefficient (Wildman–Crippen LogP) is 4.22. The number of rotatable bonds is 5. The summed E-state index contributed by atoms with van der Waals surface area (Å²) in [5.41, 5.74) is 0.216. The molecule has 0 aliphatic carbocycles. The Morgan fingerprint density at radius 1 is 1.36 bits per heavy atom. The second-order valence-electron chi connectivity index (χ2n) is 4.93. The molecule has 2 rings (SSSR count). The topological polar surface area (TPSA) is 68.3 Å². The van der Waals surface area contributed by atoms with E-state index in [0.717, 1.165) is 6.08 Å². The third-order valence-electron chi connectivity index (χ3n) is 3.00. The van der Waals surface area contributed by atoms with E-state index >= 15 is 0 Å². The van der Waals surface area contributed by atoms with Crippen LogP contribution in [0.15, 0.2) is 47.1 Å². The number of aromatic nitrogens is 1. The highest BCUT2D eigenvalue weighted by molar-refractivity contribution is 9.10. The lowest BCUT2D eigenvalue weighted by molar-refractivity contribution is -0.148. The minimum atomic E-state index is -1.05. The van der Waals surface area contributed by atoms with E-state index in [-0.39, 0.29) is 11.4 Å². The molecule has 1 aromatic heterocycles. The Labute approximate surface area is 157 Å². The van der Waals surface area contributed by atoms with Crippen molar-refractivity contribution in [2.24, 2.45) is 0 Å². The first-order valence-corrected chi connectivity index (χ1v) is 8.28. The molecule has 1 heterocycles. The smallest absolute Gasteiger partial charge is 0.331 e. The molecule has 0 fully saturated rings. The molecule has 0 aliphatic rings. The van der Waals surface area contributed by atoms with E-state index in [1.807, 2.05) is 0 Å². The minimum Gasteiger partial charge on any atom is -0.449 e. The highest BCUT2D eigenvalue weighted by atomic mass is 79.9. The van der Waals surface area contributed by atoms with Gasteiger partial charge in [0.05, 0.1) is 5.02 Å². The first kappa shape index (κ1) is 19.1. The van der Waals surface area contributed by atoms with E-state index in [4.69, 9.17) is 16.3 Å². The fourth-order valence-electron chi connectivity index (χ4n) is 1.74. The molecular weight excluding hydrogens is 415 g/mol. The van der Waals surface area contributed by atoms with E-state index in [1.165, 1.54) is 37.4 Å². The van der Waals surface area contributed by atoms with Gasteiger partial charge >= 0.3 is 5.97 Å². The van der Waals surface area contributed by atoms with Crippen molar-refractivity contribution >= 4 is 51.3 Å². The van der Waals surface area contributed by atoms with E-state index < -0.39 is 23.8 Å². The number of amides is 1. The van der Waals surface area contributed by atoms with Crippen molar-refractivity contribution in [1.29, 1.82) is 0 Å². The van der Waals surface area contributed by atoms with Crippen LogP contribution in [0, 0.1) is 5.82 Å². The van der Waals surface area contributed by atoms with Gasteiger partial charge in [-0.2, -0.15) is 0 Å². The molecule has 25 heavy (non-hydrogen) atoms. The Kier molecular flexibility index (Phi) is 6.66. The Morgan fingerprint density at radius 3 is 2.80 bits per heavy atom. The number of benzene rings is 1. The summed E-state index contributed by atoms with van der Waals surface area (Å²) in [5, 5.41) is 2.92. The minimum absolute atomic E-state index is 0.216. The number of pyridine rings is 1. The van der Waals surface area contributed by atoms with Crippen molar-refractivity contribution in [2.75, 3.05) is 5.32 Å². The lowest BCUT2D eigenvalue weighted by atomic mass is 10.2. The average molecular weight is 428 g/mol. The van der Waals surface area contributed by atoms with E-state index in [0.29, 0.717) is 9.50 Å². The number of nitrogens with zero attached hydrogens (tertiary/aromatic N) is 1. The summed E-state index contributed by atoms with van der Waals surface area (Å²) in [6, 6.07) is 7.41. The largest absolute Gasteiger partial charge is 0.449 e. The monoisotopic (exact) mass is 426 g/mol. The van der Waals surface area contributed by atoms with Crippen LogP contribution in [0.2, 0.25) is 5.02 Å². The van der Waals surface area contributed by atoms with Crippen molar-refractivity contribution in [3.8, 4) is 0 Å². The fourth-order valence-corrected chi connectivity index (χ4v) is 2.24. The predicted molar refractivity (Wildman–Crippen MR) is 96.6 cm³/mol. The van der Waals surface area contributed by atoms with Gasteiger partial charge in [0.1, 0.15) is 11.6 Å². The highest BCUT2D eigenvalue weighted by Crippen LogP contribution is 2.17. The van der Waals surface area contributed by atoms with Crippen LogP contribution in [0.25, 0.3) is 6.08 Å². The van der Waals surface area contributed by atoms with E-state index in [1.54, 1.807) is 12.1 Å². The maximum Gasteiger partial charge on any atom is 0.331 e. The molecule has 2 aromatic rings. The van der Waals surface area contributed by atoms with Crippen LogP contribution in [0.3, 0.4) is 0 Å². The third-order valence-corrected chi connectivity index (χ3v) is 3.71. The van der Waals surface area contributed by atoms with Crippen LogP contribution in [0.4, 0.5) is 10.2 Å². The highest BCUT2D eigenvalue weighted by Gasteiger charge is 2.17. The summed E-state index contributed by atoms with van der Waals surface area (Å²) < 4.78 is 19.2. The van der Waals surface area contributed by atoms with Crippen molar-refractivity contribution in [1.82, 2.24) is 4.98 Å². The number of esters is 1. The summed E-state index contributed by atoms with van der Waals surface area (Å²) >= 11 is 8.92. The van der Waals surface area contributed by atoms with Gasteiger partial charge in [-0.25, -0.2) is 14.2 Å². The molecule has 0 radical (unpaired) electrons. The van der Waals surface area contributed by atoms with Crippen LogP contribution >= 0.6 is 27.5 Å². The number of carbonyl (C=O) groups is 2. The number of hydrogen-bond donors (Lipinski definition) is 1. The summed E-state index contributed by atoms with van der Waals surface area (Å²) in [5.74, 6) is -1.52. The number of halogens is 3. The van der Waals surface area contributed by atoms with Gasteiger partial charge in [0, 0.05) is 22.3 Å². The van der Waals surface area contributed by atoms with Crippen LogP contribution in [-0.4, -0.2) is 23.0 Å². The molecule has 1 N–H and O–H groups in total. The van der Waals surface area contributed by atoms with Gasteiger partial charge in [-0.15, -0.1) is 0 Å². The molecule has 0 aliphatic heterocycles. The van der Waals surface area contributed by atoms with Crippen molar-refractivity contribution in [3.63, 3.8) is 0 Å². The molecule has 0 saturated carbocycles. The lowest BCUT2D eigenvalue weighted by Crippen LogP contribution is -2.29. The molecule has 8 heteroatoms. The zero-order valence-electron chi connectivity index (χ0n) is 13.0. The van der Waals surface area contributed by atoms with Crippen molar-refractivity contribution in [2.45, 2.75) is 13.0 Å². The molecule has 1 atom stereocenters. The van der Waals surface area contributed by atoms with Gasteiger partial charge in [0.25, 0.3) is 5.91 Å². The molecule has 5 nitrogen and oxygen atoms in total. The summed E-state index contributed by atoms with van der Waals surface area (Å²) in [7, 11) is 0. The van der Waals surface area contributed by atoms with Gasteiger partial charge < -0.3 is 10.1 Å². The molecule has 0 spiro atoms. The second kappa shape index (κ2) is 8.73. The molecule has 1 unspecified atom stereocenters. The van der Waals surface area contributed by atoms with Crippen molar-refractivity contribution in [3.05, 3.63) is 63.5 Å². The molecular formula is C17H13BrClFN2O3. The first-order chi connectivity index (χ1) is 11.8. The Morgan fingerprint density at radius 2 is 2.12 bits per heavy atom. The number of anilines is 1. The van der Waals surface area contributed by atoms with Gasteiger partial charge in [-0.3, -0.25) is 4.79 Å². The van der Waals surface area contributed by atoms with Crippen LogP contribution in [0.1, 0.15) is 12.5 Å². The van der Waals surface area contributed by atoms with Gasteiger partial charge in [0.2, 0.25) is 0 Å². The molecule has 0 saturated heterocycles. The number of hydrogen-bond acceptors (Lipinski definition) is 4. The lowest BCUT2D eigenvalue weighted by Gasteiger charge is -2.11. The van der Waals surface area contributed by atoms with Crippen LogP contribution in [0.5, 0.6) is 0 Å². The standard InChI is InChI=1S/C17H13BrClFN2O3/c1-10(17(24)22-15-6-4-13(19)9-21-15)25-16(23)7-2-11-8-12(18)3-5-14(11)20/h2-10H,1H3,(H,21,22,24)/b7-2+. The Balaban J connectivity index is 1.92. The normalized spacial score (nSPS) is 12.0. The molecule has 0 bridgehead atoms. The maximum atomic E-state index is 13.6. The Bertz CT molecular complexity index is 812. The number of carbonyl (C=O) groups excluding carboxylic acids is 2. The first-order valence-electron chi connectivity index (χ1n) is 7.11. The van der Waals surface area contributed by atoms with Crippen LogP contribution in [-0.2, 0) is 14.3 Å². The van der Waals surface area contributed by atoms with Crippen molar-refractivity contribution < 1.29 is 18.7 Å². The average Bonchev–Trinajstić information content (AvgIpc) is 2.57. The second-order valence-corrected chi connectivity index (χ2v) is 6.28. The maximum absolute atomic E-state index is 13.6. The number of ether oxygens (including phenoxy) is 1. The fraction of sp³-hybridized carbons (Fsp3) is 0.118. The molecule has 1 amide bonds. The van der Waals surface area contributed by atoms with Gasteiger partial charge in [0.15, 0.2) is 6.10 Å². The summed E-state index contributed by atoms with van der Waals surface area (Å²) in [4.78, 5) is 27.6. The van der Waals surface area contributed by atoms with E-state index in [9.17, 15) is 14.0 Å². The molecule has 130 valence electrons. The zero-order chi connectivity index (χ0) is 18.4. The van der Waals surface area contributed by atoms with E-state index in [2.05, 4.69) is 26.2 Å². The van der Waals surface area contributed by atoms with Gasteiger partial charge in [-0.1, -0.05) is 27.5 Å².